The van der Waals surface area contributed by atoms with Crippen molar-refractivity contribution in [3.05, 3.63) is 24.3 Å². The molecule has 0 saturated carbocycles. The van der Waals surface area contributed by atoms with Crippen molar-refractivity contribution in [1.82, 2.24) is 0 Å². The van der Waals surface area contributed by atoms with Crippen molar-refractivity contribution in [3.8, 4) is 0 Å². The minimum absolute atomic E-state index is 0.201. The van der Waals surface area contributed by atoms with Crippen LogP contribution in [0.5, 0.6) is 0 Å². The summed E-state index contributed by atoms with van der Waals surface area (Å²) in [6.07, 6.45) is 34.7. The Balaban J connectivity index is 4.01. The molecule has 0 amide bonds. The highest BCUT2D eigenvalue weighted by Crippen LogP contribution is 2.36. The summed E-state index contributed by atoms with van der Waals surface area (Å²) in [6.45, 7) is 3.63. The van der Waals surface area contributed by atoms with Crippen LogP contribution in [0.3, 0.4) is 0 Å². The molecule has 0 radical (unpaired) electrons. The van der Waals surface area contributed by atoms with Crippen molar-refractivity contribution in [2.24, 2.45) is 0 Å². The third kappa shape index (κ3) is 35.2. The van der Waals surface area contributed by atoms with Gasteiger partial charge in [-0.1, -0.05) is 122 Å². The first-order valence-corrected chi connectivity index (χ1v) is 19.7. The van der Waals surface area contributed by atoms with E-state index >= 15 is 0 Å². The lowest BCUT2D eigenvalue weighted by atomic mass is 10.1. The summed E-state index contributed by atoms with van der Waals surface area (Å²) >= 11 is 0. The molecule has 8 nitrogen and oxygen atoms in total. The largest absolute Gasteiger partial charge is 0.469 e. The van der Waals surface area contributed by atoms with Crippen LogP contribution >= 0.6 is 7.82 Å². The number of phosphoric ester groups is 1. The van der Waals surface area contributed by atoms with Gasteiger partial charge < -0.3 is 19.3 Å². The Kier molecular flexibility index (Phi) is 31.4. The molecule has 0 aliphatic carbocycles. The molecule has 2 N–H and O–H groups in total. The number of phosphoric acid groups is 1. The number of hydrogen-bond donors (Lipinski definition) is 2. The molecule has 0 unspecified atom stereocenters. The molecule has 0 bridgehead atoms. The Bertz CT molecular complexity index is 792. The topological polar surface area (TPSA) is 119 Å². The third-order valence-corrected chi connectivity index (χ3v) is 8.18. The van der Waals surface area contributed by atoms with Crippen molar-refractivity contribution in [2.45, 2.75) is 180 Å². The zero-order valence-electron chi connectivity index (χ0n) is 28.8. The van der Waals surface area contributed by atoms with Gasteiger partial charge in [0.25, 0.3) is 0 Å². The maximum absolute atomic E-state index is 12.3. The Hall–Kier alpha value is -1.47. The van der Waals surface area contributed by atoms with Gasteiger partial charge >= 0.3 is 19.8 Å². The van der Waals surface area contributed by atoms with Crippen LogP contribution in [0.25, 0.3) is 0 Å². The summed E-state index contributed by atoms with van der Waals surface area (Å²) in [7, 11) is -4.75. The second-order valence-electron chi connectivity index (χ2n) is 12.2. The number of unbranched alkanes of at least 4 members (excludes halogenated alkanes) is 19. The van der Waals surface area contributed by atoms with Gasteiger partial charge in [-0.05, 0) is 64.2 Å². The fourth-order valence-corrected chi connectivity index (χ4v) is 5.31. The molecule has 264 valence electrons. The number of rotatable bonds is 33. The van der Waals surface area contributed by atoms with Gasteiger partial charge in [-0.15, -0.1) is 0 Å². The van der Waals surface area contributed by atoms with Crippen LogP contribution in [0.4, 0.5) is 0 Å². The summed E-state index contributed by atoms with van der Waals surface area (Å²) in [5.74, 6) is -0.904. The molecule has 1 atom stereocenters. The molecule has 0 aliphatic heterocycles. The minimum atomic E-state index is -4.75. The van der Waals surface area contributed by atoms with Gasteiger partial charge in [0, 0.05) is 12.8 Å². The molecule has 9 heteroatoms. The smallest absolute Gasteiger partial charge is 0.462 e. The van der Waals surface area contributed by atoms with Gasteiger partial charge in [-0.2, -0.15) is 0 Å². The van der Waals surface area contributed by atoms with Gasteiger partial charge in [-0.3, -0.25) is 14.1 Å². The highest BCUT2D eigenvalue weighted by atomic mass is 31.2. The van der Waals surface area contributed by atoms with E-state index in [9.17, 15) is 14.2 Å². The summed E-state index contributed by atoms with van der Waals surface area (Å²) in [6, 6.07) is 0. The number of ether oxygens (including phenoxy) is 2. The number of carbonyl (C=O) groups excluding carboxylic acids is 2. The lowest BCUT2D eigenvalue weighted by Crippen LogP contribution is -2.29. The lowest BCUT2D eigenvalue weighted by molar-refractivity contribution is -0.161. The zero-order valence-corrected chi connectivity index (χ0v) is 29.7. The van der Waals surface area contributed by atoms with E-state index in [1.807, 2.05) is 0 Å². The Labute approximate surface area is 275 Å². The van der Waals surface area contributed by atoms with Crippen molar-refractivity contribution in [3.63, 3.8) is 0 Å². The summed E-state index contributed by atoms with van der Waals surface area (Å²) < 4.78 is 26.2. The van der Waals surface area contributed by atoms with Crippen LogP contribution in [0, 0.1) is 0 Å². The molecule has 0 aromatic rings. The van der Waals surface area contributed by atoms with Gasteiger partial charge in [0.2, 0.25) is 0 Å². The third-order valence-electron chi connectivity index (χ3n) is 7.69. The van der Waals surface area contributed by atoms with Crippen molar-refractivity contribution in [1.29, 1.82) is 0 Å². The number of hydrogen-bond acceptors (Lipinski definition) is 6. The molecule has 0 spiro atoms. The lowest BCUT2D eigenvalue weighted by Gasteiger charge is -2.18. The zero-order chi connectivity index (χ0) is 33.3. The number of carbonyl (C=O) groups is 2. The van der Waals surface area contributed by atoms with Crippen LogP contribution in [0.1, 0.15) is 174 Å². The summed E-state index contributed by atoms with van der Waals surface area (Å²) in [5.41, 5.74) is 0. The van der Waals surface area contributed by atoms with Crippen LogP contribution in [0.15, 0.2) is 24.3 Å². The molecule has 0 aromatic heterocycles. The number of allylic oxidation sites excluding steroid dienone is 4. The standard InChI is InChI=1S/C36H67O8P/c1-3-5-7-9-11-13-15-17-19-21-23-25-27-29-31-36(38)44-34(33-43-45(39,40)41)32-42-35(37)30-28-26-24-22-20-18-16-14-12-10-8-6-4-2/h14-17,34H,3-13,18-33H2,1-2H3,(H2,39,40,41)/b16-14-,17-15-/t34-/m1/s1. The highest BCUT2D eigenvalue weighted by Gasteiger charge is 2.22. The molecule has 0 aromatic carbocycles. The van der Waals surface area contributed by atoms with Crippen LogP contribution in [-0.2, 0) is 28.2 Å². The monoisotopic (exact) mass is 658 g/mol. The summed E-state index contributed by atoms with van der Waals surface area (Å²) in [4.78, 5) is 42.6. The quantitative estimate of drug-likeness (QED) is 0.0309. The molecule has 0 rings (SSSR count). The molecule has 0 fully saturated rings. The van der Waals surface area contributed by atoms with E-state index in [4.69, 9.17) is 19.3 Å². The molecule has 0 heterocycles. The molecule has 45 heavy (non-hydrogen) atoms. The average molecular weight is 659 g/mol. The second-order valence-corrected chi connectivity index (χ2v) is 13.4. The highest BCUT2D eigenvalue weighted by molar-refractivity contribution is 7.46. The maximum atomic E-state index is 12.3. The van der Waals surface area contributed by atoms with Crippen molar-refractivity contribution < 1.29 is 37.9 Å². The van der Waals surface area contributed by atoms with Crippen LogP contribution in [0.2, 0.25) is 0 Å². The molecule has 0 saturated heterocycles. The van der Waals surface area contributed by atoms with Crippen molar-refractivity contribution in [2.75, 3.05) is 13.2 Å². The van der Waals surface area contributed by atoms with Gasteiger partial charge in [-0.25, -0.2) is 4.57 Å². The SMILES string of the molecule is CCCCCC/C=C\CCCCCCCC(=O)OC[C@H](COP(=O)(O)O)OC(=O)CCCCCCC/C=C\CCCCCCC. The van der Waals surface area contributed by atoms with E-state index in [0.717, 1.165) is 64.2 Å². The first kappa shape index (κ1) is 43.5. The Morgan fingerprint density at radius 1 is 0.556 bits per heavy atom. The molecular weight excluding hydrogens is 591 g/mol. The maximum Gasteiger partial charge on any atom is 0.469 e. The van der Waals surface area contributed by atoms with Gasteiger partial charge in [0.1, 0.15) is 6.61 Å². The molecular formula is C36H67O8P. The molecule has 0 aliphatic rings. The first-order chi connectivity index (χ1) is 21.8. The predicted octanol–water partition coefficient (Wildman–Crippen LogP) is 10.5. The fourth-order valence-electron chi connectivity index (χ4n) is 4.95. The van der Waals surface area contributed by atoms with Crippen LogP contribution in [-0.4, -0.2) is 41.0 Å². The fraction of sp³-hybridized carbons (Fsp3) is 0.833. The van der Waals surface area contributed by atoms with Crippen LogP contribution < -0.4 is 0 Å². The Morgan fingerprint density at radius 3 is 1.38 bits per heavy atom. The van der Waals surface area contributed by atoms with E-state index in [2.05, 4.69) is 42.7 Å². The first-order valence-electron chi connectivity index (χ1n) is 18.1. The second kappa shape index (κ2) is 32.5. The van der Waals surface area contributed by atoms with E-state index in [1.165, 1.54) is 70.6 Å². The van der Waals surface area contributed by atoms with E-state index in [0.29, 0.717) is 12.8 Å². The van der Waals surface area contributed by atoms with E-state index < -0.39 is 32.5 Å². The normalized spacial score (nSPS) is 12.7. The van der Waals surface area contributed by atoms with E-state index in [-0.39, 0.29) is 19.4 Å². The van der Waals surface area contributed by atoms with E-state index in [1.54, 1.807) is 0 Å². The van der Waals surface area contributed by atoms with Gasteiger partial charge in [0.05, 0.1) is 6.61 Å². The Morgan fingerprint density at radius 2 is 0.933 bits per heavy atom. The van der Waals surface area contributed by atoms with Gasteiger partial charge in [0.15, 0.2) is 6.10 Å². The summed E-state index contributed by atoms with van der Waals surface area (Å²) in [5, 5.41) is 0. The van der Waals surface area contributed by atoms with Crippen molar-refractivity contribution >= 4 is 19.8 Å². The predicted molar refractivity (Wildman–Crippen MR) is 184 cm³/mol. The number of esters is 2. The average Bonchev–Trinajstić information content (AvgIpc) is 3.00. The minimum Gasteiger partial charge on any atom is -0.462 e.